The summed E-state index contributed by atoms with van der Waals surface area (Å²) in [5.74, 6) is 0.327. The van der Waals surface area contributed by atoms with Gasteiger partial charge in [-0.25, -0.2) is 4.39 Å². The van der Waals surface area contributed by atoms with Crippen molar-refractivity contribution in [1.82, 2.24) is 5.32 Å². The van der Waals surface area contributed by atoms with Crippen LogP contribution in [0.5, 0.6) is 0 Å². The van der Waals surface area contributed by atoms with E-state index in [9.17, 15) is 4.39 Å². The molecule has 3 heteroatoms. The molecule has 0 amide bonds. The van der Waals surface area contributed by atoms with Gasteiger partial charge in [-0.05, 0) is 53.4 Å². The van der Waals surface area contributed by atoms with Crippen LogP contribution in [0.3, 0.4) is 0 Å². The summed E-state index contributed by atoms with van der Waals surface area (Å²) in [5, 5.41) is 3.58. The van der Waals surface area contributed by atoms with E-state index in [0.717, 1.165) is 12.8 Å². The first kappa shape index (κ1) is 12.1. The molecule has 1 heterocycles. The Morgan fingerprint density at radius 1 is 1.50 bits per heavy atom. The molecular formula is C13H17BrFN. The summed E-state index contributed by atoms with van der Waals surface area (Å²) in [6.45, 7) is 4.41. The fourth-order valence-corrected chi connectivity index (χ4v) is 3.01. The average molecular weight is 286 g/mol. The third-order valence-electron chi connectivity index (χ3n) is 3.40. The second-order valence-electron chi connectivity index (χ2n) is 4.60. The first-order valence-corrected chi connectivity index (χ1v) is 6.62. The molecule has 0 radical (unpaired) electrons. The van der Waals surface area contributed by atoms with Gasteiger partial charge in [0.2, 0.25) is 0 Å². The second-order valence-corrected chi connectivity index (χ2v) is 5.45. The zero-order valence-corrected chi connectivity index (χ0v) is 11.2. The number of hydrogen-bond acceptors (Lipinski definition) is 1. The van der Waals surface area contributed by atoms with Gasteiger partial charge in [0.25, 0.3) is 0 Å². The first-order valence-electron chi connectivity index (χ1n) is 5.82. The van der Waals surface area contributed by atoms with Gasteiger partial charge >= 0.3 is 0 Å². The van der Waals surface area contributed by atoms with E-state index in [1.807, 2.05) is 12.1 Å². The quantitative estimate of drug-likeness (QED) is 0.871. The Kier molecular flexibility index (Phi) is 3.65. The topological polar surface area (TPSA) is 12.0 Å². The molecule has 0 aromatic heterocycles. The molecule has 3 unspecified atom stereocenters. The molecule has 16 heavy (non-hydrogen) atoms. The van der Waals surface area contributed by atoms with Crippen molar-refractivity contribution in [3.63, 3.8) is 0 Å². The van der Waals surface area contributed by atoms with Crippen LogP contribution in [-0.4, -0.2) is 12.1 Å². The van der Waals surface area contributed by atoms with E-state index in [4.69, 9.17) is 0 Å². The summed E-state index contributed by atoms with van der Waals surface area (Å²) in [5.41, 5.74) is 1.23. The molecule has 88 valence electrons. The number of rotatable bonds is 2. The summed E-state index contributed by atoms with van der Waals surface area (Å²) >= 11 is 3.25. The zero-order chi connectivity index (χ0) is 11.7. The first-order chi connectivity index (χ1) is 7.61. The van der Waals surface area contributed by atoms with Crippen molar-refractivity contribution in [3.05, 3.63) is 34.1 Å². The third kappa shape index (κ3) is 2.30. The minimum absolute atomic E-state index is 0.184. The number of hydrogen-bond donors (Lipinski definition) is 1. The predicted octanol–water partition coefficient (Wildman–Crippen LogP) is 3.83. The van der Waals surface area contributed by atoms with Gasteiger partial charge in [0.05, 0.1) is 4.47 Å². The molecule has 3 atom stereocenters. The summed E-state index contributed by atoms with van der Waals surface area (Å²) in [6, 6.07) is 6.45. The van der Waals surface area contributed by atoms with Gasteiger partial charge in [-0.2, -0.15) is 0 Å². The Labute approximate surface area is 105 Å². The largest absolute Gasteiger partial charge is 0.311 e. The molecule has 0 aliphatic carbocycles. The molecule has 1 saturated heterocycles. The molecule has 1 nitrogen and oxygen atoms in total. The van der Waals surface area contributed by atoms with Crippen molar-refractivity contribution < 1.29 is 4.39 Å². The fraction of sp³-hybridized carbons (Fsp3) is 0.538. The standard InChI is InChI=1S/C13H17BrFN/c1-3-13-10(6-8(2)16-13)9-4-5-12(15)11(14)7-9/h4-5,7-8,10,13,16H,3,6H2,1-2H3. The maximum Gasteiger partial charge on any atom is 0.137 e. The Morgan fingerprint density at radius 2 is 2.25 bits per heavy atom. The monoisotopic (exact) mass is 285 g/mol. The molecule has 0 saturated carbocycles. The zero-order valence-electron chi connectivity index (χ0n) is 9.63. The smallest absolute Gasteiger partial charge is 0.137 e. The molecule has 2 rings (SSSR count). The van der Waals surface area contributed by atoms with E-state index in [2.05, 4.69) is 35.1 Å². The number of halogens is 2. The van der Waals surface area contributed by atoms with Crippen molar-refractivity contribution in [2.45, 2.75) is 44.7 Å². The van der Waals surface area contributed by atoms with Crippen LogP contribution in [0.2, 0.25) is 0 Å². The molecule has 1 aromatic rings. The van der Waals surface area contributed by atoms with E-state index in [-0.39, 0.29) is 5.82 Å². The number of benzene rings is 1. The Morgan fingerprint density at radius 3 is 2.88 bits per heavy atom. The highest BCUT2D eigenvalue weighted by Gasteiger charge is 2.31. The van der Waals surface area contributed by atoms with E-state index in [1.165, 1.54) is 5.56 Å². The van der Waals surface area contributed by atoms with Crippen LogP contribution in [0.15, 0.2) is 22.7 Å². The highest BCUT2D eigenvalue weighted by molar-refractivity contribution is 9.10. The fourth-order valence-electron chi connectivity index (χ4n) is 2.61. The molecule has 1 aliphatic heterocycles. The van der Waals surface area contributed by atoms with Crippen LogP contribution >= 0.6 is 15.9 Å². The van der Waals surface area contributed by atoms with Gasteiger partial charge in [-0.15, -0.1) is 0 Å². The van der Waals surface area contributed by atoms with Crippen molar-refractivity contribution in [1.29, 1.82) is 0 Å². The van der Waals surface area contributed by atoms with Crippen molar-refractivity contribution >= 4 is 15.9 Å². The minimum atomic E-state index is -0.184. The van der Waals surface area contributed by atoms with Crippen molar-refractivity contribution in [2.75, 3.05) is 0 Å². The molecular weight excluding hydrogens is 269 g/mol. The van der Waals surface area contributed by atoms with Crippen LogP contribution in [0.1, 0.15) is 38.2 Å². The number of nitrogens with one attached hydrogen (secondary N) is 1. The predicted molar refractivity (Wildman–Crippen MR) is 68.1 cm³/mol. The minimum Gasteiger partial charge on any atom is -0.311 e. The SMILES string of the molecule is CCC1NC(C)CC1c1ccc(F)c(Br)c1. The third-order valence-corrected chi connectivity index (χ3v) is 4.01. The summed E-state index contributed by atoms with van der Waals surface area (Å²) in [4.78, 5) is 0. The highest BCUT2D eigenvalue weighted by Crippen LogP contribution is 2.34. The van der Waals surface area contributed by atoms with Gasteiger partial charge in [0, 0.05) is 18.0 Å². The van der Waals surface area contributed by atoms with Gasteiger partial charge in [-0.3, -0.25) is 0 Å². The maximum atomic E-state index is 13.2. The molecule has 1 aromatic carbocycles. The van der Waals surface area contributed by atoms with E-state index >= 15 is 0 Å². The van der Waals surface area contributed by atoms with E-state index in [0.29, 0.717) is 22.5 Å². The van der Waals surface area contributed by atoms with Crippen LogP contribution in [0.4, 0.5) is 4.39 Å². The molecule has 1 fully saturated rings. The lowest BCUT2D eigenvalue weighted by molar-refractivity contribution is 0.516. The van der Waals surface area contributed by atoms with Crippen molar-refractivity contribution in [2.24, 2.45) is 0 Å². The van der Waals surface area contributed by atoms with Gasteiger partial charge < -0.3 is 5.32 Å². The lowest BCUT2D eigenvalue weighted by Crippen LogP contribution is -2.28. The van der Waals surface area contributed by atoms with Gasteiger partial charge in [-0.1, -0.05) is 13.0 Å². The molecule has 0 spiro atoms. The summed E-state index contributed by atoms with van der Waals surface area (Å²) < 4.78 is 13.7. The lowest BCUT2D eigenvalue weighted by atomic mass is 9.90. The van der Waals surface area contributed by atoms with Gasteiger partial charge in [0.15, 0.2) is 0 Å². The summed E-state index contributed by atoms with van der Waals surface area (Å²) in [6.07, 6.45) is 2.25. The highest BCUT2D eigenvalue weighted by atomic mass is 79.9. The Balaban J connectivity index is 2.26. The molecule has 0 bridgehead atoms. The Hall–Kier alpha value is -0.410. The molecule has 1 N–H and O–H groups in total. The van der Waals surface area contributed by atoms with Gasteiger partial charge in [0.1, 0.15) is 5.82 Å². The lowest BCUT2D eigenvalue weighted by Gasteiger charge is -2.18. The average Bonchev–Trinajstić information content (AvgIpc) is 2.63. The maximum absolute atomic E-state index is 13.2. The van der Waals surface area contributed by atoms with E-state index in [1.54, 1.807) is 6.07 Å². The van der Waals surface area contributed by atoms with Crippen molar-refractivity contribution in [3.8, 4) is 0 Å². The van der Waals surface area contributed by atoms with Crippen LogP contribution in [0.25, 0.3) is 0 Å². The van der Waals surface area contributed by atoms with E-state index < -0.39 is 0 Å². The van der Waals surface area contributed by atoms with Crippen LogP contribution < -0.4 is 5.32 Å². The summed E-state index contributed by atoms with van der Waals surface area (Å²) in [7, 11) is 0. The second kappa shape index (κ2) is 4.84. The van der Waals surface area contributed by atoms with Crippen LogP contribution in [0, 0.1) is 5.82 Å². The Bertz CT molecular complexity index is 380. The molecule has 1 aliphatic rings. The van der Waals surface area contributed by atoms with Crippen LogP contribution in [-0.2, 0) is 0 Å². The normalized spacial score (nSPS) is 29.6.